The molecule has 4 heterocycles. The molecule has 4 aromatic rings. The monoisotopic (exact) mass is 539 g/mol. The van der Waals surface area contributed by atoms with Gasteiger partial charge in [-0.05, 0) is 74.1 Å². The number of fused-ring (bicyclic) bond motifs is 1. The van der Waals surface area contributed by atoms with Crippen LogP contribution in [0.2, 0.25) is 0 Å². The lowest BCUT2D eigenvalue weighted by Crippen LogP contribution is -2.32. The molecule has 0 spiro atoms. The minimum absolute atomic E-state index is 0.0603. The number of rotatable bonds is 7. The van der Waals surface area contributed by atoms with E-state index >= 15 is 0 Å². The largest absolute Gasteiger partial charge is 0.454 e. The van der Waals surface area contributed by atoms with E-state index in [0.717, 1.165) is 45.5 Å². The van der Waals surface area contributed by atoms with Crippen LogP contribution in [0.15, 0.2) is 79.0 Å². The fourth-order valence-corrected chi connectivity index (χ4v) is 5.79. The maximum Gasteiger partial charge on any atom is 0.231 e. The zero-order chi connectivity index (χ0) is 26.9. The van der Waals surface area contributed by atoms with Crippen LogP contribution in [0.4, 0.5) is 5.69 Å². The van der Waals surface area contributed by atoms with Crippen molar-refractivity contribution in [2.45, 2.75) is 32.4 Å². The van der Waals surface area contributed by atoms with Crippen LogP contribution in [-0.4, -0.2) is 38.8 Å². The van der Waals surface area contributed by atoms with Gasteiger partial charge in [-0.15, -0.1) is 0 Å². The molecule has 198 valence electrons. The Labute approximate surface area is 232 Å². The predicted molar refractivity (Wildman–Crippen MR) is 153 cm³/mol. The molecule has 2 aromatic carbocycles. The van der Waals surface area contributed by atoms with E-state index in [-0.39, 0.29) is 24.8 Å². The van der Waals surface area contributed by atoms with E-state index in [2.05, 4.69) is 45.0 Å². The highest BCUT2D eigenvalue weighted by atomic mass is 32.1. The van der Waals surface area contributed by atoms with Crippen molar-refractivity contribution in [1.82, 2.24) is 19.8 Å². The van der Waals surface area contributed by atoms with Crippen LogP contribution < -0.4 is 20.1 Å². The molecule has 1 fully saturated rings. The summed E-state index contributed by atoms with van der Waals surface area (Å²) < 4.78 is 13.4. The van der Waals surface area contributed by atoms with Crippen molar-refractivity contribution in [3.05, 3.63) is 102 Å². The van der Waals surface area contributed by atoms with E-state index in [4.69, 9.17) is 21.7 Å². The molecule has 9 heteroatoms. The highest BCUT2D eigenvalue weighted by Gasteiger charge is 2.41. The summed E-state index contributed by atoms with van der Waals surface area (Å²) in [5, 5.41) is 7.07. The van der Waals surface area contributed by atoms with E-state index in [1.807, 2.05) is 66.7 Å². The van der Waals surface area contributed by atoms with E-state index in [0.29, 0.717) is 18.1 Å². The number of nitrogens with zero attached hydrogens (tertiary/aromatic N) is 3. The van der Waals surface area contributed by atoms with Gasteiger partial charge < -0.3 is 29.6 Å². The molecule has 2 atom stereocenters. The van der Waals surface area contributed by atoms with Gasteiger partial charge in [-0.3, -0.25) is 9.78 Å². The van der Waals surface area contributed by atoms with Crippen molar-refractivity contribution >= 4 is 28.9 Å². The van der Waals surface area contributed by atoms with Gasteiger partial charge >= 0.3 is 0 Å². The maximum absolute atomic E-state index is 12.8. The molecule has 6 rings (SSSR count). The van der Waals surface area contributed by atoms with Gasteiger partial charge in [0.2, 0.25) is 12.7 Å². The van der Waals surface area contributed by atoms with Gasteiger partial charge in [0.05, 0.1) is 17.8 Å². The van der Waals surface area contributed by atoms with Crippen LogP contribution in [0.5, 0.6) is 11.5 Å². The van der Waals surface area contributed by atoms with Crippen LogP contribution in [0.3, 0.4) is 0 Å². The van der Waals surface area contributed by atoms with Crippen LogP contribution in [0, 0.1) is 13.8 Å². The van der Waals surface area contributed by atoms with Gasteiger partial charge in [0.15, 0.2) is 16.6 Å². The average molecular weight is 540 g/mol. The molecule has 2 N–H and O–H groups in total. The van der Waals surface area contributed by atoms with E-state index in [1.54, 1.807) is 6.20 Å². The van der Waals surface area contributed by atoms with E-state index < -0.39 is 0 Å². The van der Waals surface area contributed by atoms with E-state index in [9.17, 15) is 4.79 Å². The second-order valence-electron chi connectivity index (χ2n) is 9.68. The topological polar surface area (TPSA) is 80.7 Å². The molecule has 1 amide bonds. The van der Waals surface area contributed by atoms with Gasteiger partial charge in [-0.25, -0.2) is 0 Å². The first-order chi connectivity index (χ1) is 19.0. The molecule has 8 nitrogen and oxygen atoms in total. The number of aromatic nitrogens is 2. The normalized spacial score (nSPS) is 17.8. The Bertz CT molecular complexity index is 1520. The third kappa shape index (κ3) is 4.81. The number of nitrogens with one attached hydrogen (secondary N) is 2. The Morgan fingerprint density at radius 1 is 1.05 bits per heavy atom. The first-order valence-electron chi connectivity index (χ1n) is 12.9. The van der Waals surface area contributed by atoms with Gasteiger partial charge in [-0.1, -0.05) is 24.3 Å². The third-order valence-electron chi connectivity index (χ3n) is 7.24. The first-order valence-corrected chi connectivity index (χ1v) is 13.3. The third-order valence-corrected chi connectivity index (χ3v) is 7.59. The van der Waals surface area contributed by atoms with Gasteiger partial charge in [0.1, 0.15) is 0 Å². The quantitative estimate of drug-likeness (QED) is 0.312. The van der Waals surface area contributed by atoms with Crippen LogP contribution in [0.1, 0.15) is 41.1 Å². The number of pyridine rings is 1. The lowest BCUT2D eigenvalue weighted by atomic mass is 9.96. The molecule has 2 aliphatic rings. The van der Waals surface area contributed by atoms with Crippen molar-refractivity contribution in [2.75, 3.05) is 18.7 Å². The average Bonchev–Trinajstić information content (AvgIpc) is 3.63. The van der Waals surface area contributed by atoms with Gasteiger partial charge in [0.25, 0.3) is 0 Å². The summed E-state index contributed by atoms with van der Waals surface area (Å²) in [6.07, 6.45) is 2.09. The first kappa shape index (κ1) is 24.9. The Morgan fingerprint density at radius 2 is 1.85 bits per heavy atom. The van der Waals surface area contributed by atoms with Crippen LogP contribution in [-0.2, 0) is 4.79 Å². The summed E-state index contributed by atoms with van der Waals surface area (Å²) in [7, 11) is 0. The number of amides is 1. The number of aryl methyl sites for hydroxylation is 1. The highest BCUT2D eigenvalue weighted by Crippen LogP contribution is 2.42. The fraction of sp³-hybridized carbons (Fsp3) is 0.233. The number of anilines is 1. The van der Waals surface area contributed by atoms with Crippen molar-refractivity contribution in [2.24, 2.45) is 0 Å². The van der Waals surface area contributed by atoms with Gasteiger partial charge in [-0.2, -0.15) is 0 Å². The number of ether oxygens (including phenoxy) is 2. The SMILES string of the molecule is Cc1cc([C@@H]2[C@H](c3ccccn3)NC(=S)N2CCC(=O)Nc2ccccc2)c(C)n1-c1ccc2c(c1)OCO2. The van der Waals surface area contributed by atoms with Crippen molar-refractivity contribution in [1.29, 1.82) is 0 Å². The molecule has 0 saturated carbocycles. The second kappa shape index (κ2) is 10.4. The molecular formula is C30H29N5O3S. The van der Waals surface area contributed by atoms with E-state index in [1.165, 1.54) is 0 Å². The number of para-hydroxylation sites is 1. The van der Waals surface area contributed by atoms with Crippen molar-refractivity contribution < 1.29 is 14.3 Å². The van der Waals surface area contributed by atoms with Crippen molar-refractivity contribution in [3.8, 4) is 17.2 Å². The summed E-state index contributed by atoms with van der Waals surface area (Å²) >= 11 is 5.82. The number of benzene rings is 2. The van der Waals surface area contributed by atoms with Gasteiger partial charge in [0, 0.05) is 48.0 Å². The lowest BCUT2D eigenvalue weighted by molar-refractivity contribution is -0.116. The number of carbonyl (C=O) groups excluding carboxylic acids is 1. The Morgan fingerprint density at radius 3 is 2.64 bits per heavy atom. The lowest BCUT2D eigenvalue weighted by Gasteiger charge is -2.28. The number of hydrogen-bond donors (Lipinski definition) is 2. The molecule has 39 heavy (non-hydrogen) atoms. The summed E-state index contributed by atoms with van der Waals surface area (Å²) in [6.45, 7) is 4.91. The zero-order valence-electron chi connectivity index (χ0n) is 21.8. The molecule has 1 saturated heterocycles. The summed E-state index contributed by atoms with van der Waals surface area (Å²) in [6, 6.07) is 23.3. The highest BCUT2D eigenvalue weighted by molar-refractivity contribution is 7.80. The Hall–Kier alpha value is -4.37. The molecule has 0 aliphatic carbocycles. The molecule has 0 bridgehead atoms. The number of carbonyl (C=O) groups is 1. The molecule has 0 unspecified atom stereocenters. The van der Waals surface area contributed by atoms with Crippen molar-refractivity contribution in [3.63, 3.8) is 0 Å². The summed E-state index contributed by atoms with van der Waals surface area (Å²) in [5.74, 6) is 1.43. The minimum atomic E-state index is -0.165. The van der Waals surface area contributed by atoms with Crippen LogP contribution >= 0.6 is 12.2 Å². The summed E-state index contributed by atoms with van der Waals surface area (Å²) in [4.78, 5) is 19.6. The minimum Gasteiger partial charge on any atom is -0.454 e. The smallest absolute Gasteiger partial charge is 0.231 e. The maximum atomic E-state index is 12.8. The molecule has 2 aromatic heterocycles. The summed E-state index contributed by atoms with van der Waals surface area (Å²) in [5.41, 5.74) is 5.96. The van der Waals surface area contributed by atoms with Crippen LogP contribution in [0.25, 0.3) is 5.69 Å². The predicted octanol–water partition coefficient (Wildman–Crippen LogP) is 5.22. The fourth-order valence-electron chi connectivity index (χ4n) is 5.46. The Kier molecular flexibility index (Phi) is 6.66. The molecule has 0 radical (unpaired) electrons. The Balaban J connectivity index is 1.33. The number of hydrogen-bond acceptors (Lipinski definition) is 5. The zero-order valence-corrected chi connectivity index (χ0v) is 22.6. The molecule has 2 aliphatic heterocycles. The molecular weight excluding hydrogens is 510 g/mol. The standard InChI is InChI=1S/C30H29N5O3S/c1-19-16-23(20(2)35(19)22-11-12-25-26(17-22)38-18-37-25)29-28(24-10-6-7-14-31-24)33-30(39)34(29)15-13-27(36)32-21-8-4-3-5-9-21/h3-12,14,16-17,28-29H,13,15,18H2,1-2H3,(H,32,36)(H,33,39)/t28-,29+/m0/s1. The number of thiocarbonyl (C=S) groups is 1. The second-order valence-corrected chi connectivity index (χ2v) is 10.1.